The van der Waals surface area contributed by atoms with Gasteiger partial charge >= 0.3 is 6.18 Å². The number of aromatic nitrogens is 1. The number of nitrogens with one attached hydrogen (secondary N) is 1. The number of carbonyl (C=O) groups excluding carboxylic acids is 1. The van der Waals surface area contributed by atoms with Gasteiger partial charge in [0.1, 0.15) is 0 Å². The number of amides is 1. The molecule has 1 aliphatic rings. The van der Waals surface area contributed by atoms with Crippen LogP contribution in [0.1, 0.15) is 27.9 Å². The lowest BCUT2D eigenvalue weighted by Crippen LogP contribution is -2.37. The van der Waals surface area contributed by atoms with E-state index in [2.05, 4.69) is 15.2 Å². The summed E-state index contributed by atoms with van der Waals surface area (Å²) in [7, 11) is 0. The Morgan fingerprint density at radius 2 is 2.00 bits per heavy atom. The van der Waals surface area contributed by atoms with E-state index in [9.17, 15) is 18.0 Å². The van der Waals surface area contributed by atoms with Crippen LogP contribution < -0.4 is 5.32 Å². The van der Waals surface area contributed by atoms with Gasteiger partial charge in [0.15, 0.2) is 0 Å². The number of pyridine rings is 1. The number of alkyl halides is 3. The first-order valence-corrected chi connectivity index (χ1v) is 8.01. The summed E-state index contributed by atoms with van der Waals surface area (Å²) >= 11 is 0. The fourth-order valence-corrected chi connectivity index (χ4v) is 2.92. The minimum absolute atomic E-state index is 0.0298. The maximum atomic E-state index is 12.6. The molecule has 1 aromatic carbocycles. The van der Waals surface area contributed by atoms with Gasteiger partial charge in [0.2, 0.25) is 0 Å². The predicted octanol–water partition coefficient (Wildman–Crippen LogP) is 3.10. The largest absolute Gasteiger partial charge is 0.416 e. The number of likely N-dealkylation sites (tertiary alicyclic amines) is 1. The molecule has 0 radical (unpaired) electrons. The number of nitrogens with zero attached hydrogens (tertiary/aromatic N) is 2. The number of rotatable bonds is 4. The van der Waals surface area contributed by atoms with E-state index in [0.717, 1.165) is 30.7 Å². The molecule has 3 rings (SSSR count). The summed E-state index contributed by atoms with van der Waals surface area (Å²) < 4.78 is 37.7. The molecule has 1 atom stereocenters. The number of benzene rings is 1. The van der Waals surface area contributed by atoms with Gasteiger partial charge in [0, 0.05) is 38.1 Å². The maximum Gasteiger partial charge on any atom is 0.416 e. The molecule has 1 unspecified atom stereocenters. The molecule has 2 heterocycles. The first-order valence-electron chi connectivity index (χ1n) is 8.01. The second-order valence-corrected chi connectivity index (χ2v) is 6.13. The van der Waals surface area contributed by atoms with Crippen LogP contribution >= 0.6 is 0 Å². The SMILES string of the molecule is O=C(NC1CCN(Cc2ccc(C(F)(F)F)cc2)C1)c1cccnc1. The summed E-state index contributed by atoms with van der Waals surface area (Å²) in [5.74, 6) is -0.158. The third kappa shape index (κ3) is 4.57. The highest BCUT2D eigenvalue weighted by Crippen LogP contribution is 2.29. The zero-order chi connectivity index (χ0) is 17.9. The second-order valence-electron chi connectivity index (χ2n) is 6.13. The summed E-state index contributed by atoms with van der Waals surface area (Å²) in [6.45, 7) is 2.03. The highest BCUT2D eigenvalue weighted by atomic mass is 19.4. The summed E-state index contributed by atoms with van der Waals surface area (Å²) in [5.41, 5.74) is 0.704. The highest BCUT2D eigenvalue weighted by molar-refractivity contribution is 5.94. The lowest BCUT2D eigenvalue weighted by molar-refractivity contribution is -0.137. The average Bonchev–Trinajstić information content (AvgIpc) is 3.02. The normalized spacial score (nSPS) is 18.3. The molecule has 0 saturated carbocycles. The van der Waals surface area contributed by atoms with Crippen LogP contribution in [-0.2, 0) is 12.7 Å². The fourth-order valence-electron chi connectivity index (χ4n) is 2.92. The van der Waals surface area contributed by atoms with Gasteiger partial charge in [0.25, 0.3) is 5.91 Å². The molecule has 1 N–H and O–H groups in total. The molecule has 25 heavy (non-hydrogen) atoms. The van der Waals surface area contributed by atoms with Gasteiger partial charge in [-0.15, -0.1) is 0 Å². The van der Waals surface area contributed by atoms with Crippen LogP contribution in [0.25, 0.3) is 0 Å². The molecule has 1 aromatic heterocycles. The molecule has 4 nitrogen and oxygen atoms in total. The lowest BCUT2D eigenvalue weighted by Gasteiger charge is -2.17. The van der Waals surface area contributed by atoms with Crippen LogP contribution in [0.4, 0.5) is 13.2 Å². The monoisotopic (exact) mass is 349 g/mol. The van der Waals surface area contributed by atoms with Gasteiger partial charge in [-0.3, -0.25) is 14.7 Å². The van der Waals surface area contributed by atoms with Gasteiger partial charge in [-0.1, -0.05) is 12.1 Å². The molecular weight excluding hydrogens is 331 g/mol. The van der Waals surface area contributed by atoms with Crippen LogP contribution in [0.2, 0.25) is 0 Å². The summed E-state index contributed by atoms with van der Waals surface area (Å²) in [4.78, 5) is 18.2. The van der Waals surface area contributed by atoms with E-state index >= 15 is 0 Å². The summed E-state index contributed by atoms with van der Waals surface area (Å²) in [6.07, 6.45) is -0.372. The number of halogens is 3. The minimum atomic E-state index is -4.31. The number of carbonyl (C=O) groups is 1. The fraction of sp³-hybridized carbons (Fsp3) is 0.333. The minimum Gasteiger partial charge on any atom is -0.348 e. The van der Waals surface area contributed by atoms with E-state index in [-0.39, 0.29) is 11.9 Å². The Balaban J connectivity index is 1.52. The average molecular weight is 349 g/mol. The first-order chi connectivity index (χ1) is 11.9. The van der Waals surface area contributed by atoms with Crippen molar-refractivity contribution in [3.8, 4) is 0 Å². The van der Waals surface area contributed by atoms with Crippen molar-refractivity contribution in [2.24, 2.45) is 0 Å². The van der Waals surface area contributed by atoms with Crippen LogP contribution in [0, 0.1) is 0 Å². The van der Waals surface area contributed by atoms with Crippen LogP contribution in [0.5, 0.6) is 0 Å². The van der Waals surface area contributed by atoms with Gasteiger partial charge in [-0.2, -0.15) is 13.2 Å². The van der Waals surface area contributed by atoms with Gasteiger partial charge in [-0.25, -0.2) is 0 Å². The van der Waals surface area contributed by atoms with Crippen LogP contribution in [0.15, 0.2) is 48.8 Å². The van der Waals surface area contributed by atoms with E-state index in [4.69, 9.17) is 0 Å². The van der Waals surface area contributed by atoms with Crippen molar-refractivity contribution in [1.29, 1.82) is 0 Å². The molecule has 7 heteroatoms. The van der Waals surface area contributed by atoms with Crippen molar-refractivity contribution in [3.63, 3.8) is 0 Å². The predicted molar refractivity (Wildman–Crippen MR) is 86.8 cm³/mol. The lowest BCUT2D eigenvalue weighted by atomic mass is 10.1. The quantitative estimate of drug-likeness (QED) is 0.923. The van der Waals surface area contributed by atoms with Gasteiger partial charge < -0.3 is 5.32 Å². The molecular formula is C18H18F3N3O. The molecule has 2 aromatic rings. The Bertz CT molecular complexity index is 717. The Hall–Kier alpha value is -2.41. The van der Waals surface area contributed by atoms with Crippen molar-refractivity contribution in [1.82, 2.24) is 15.2 Å². The van der Waals surface area contributed by atoms with E-state index in [1.54, 1.807) is 18.3 Å². The van der Waals surface area contributed by atoms with Crippen molar-refractivity contribution in [2.75, 3.05) is 13.1 Å². The molecule has 132 valence electrons. The zero-order valence-electron chi connectivity index (χ0n) is 13.5. The second kappa shape index (κ2) is 7.23. The first kappa shape index (κ1) is 17.4. The zero-order valence-corrected chi connectivity index (χ0v) is 13.5. The Labute approximate surface area is 143 Å². The molecule has 0 aliphatic carbocycles. The summed E-state index contributed by atoms with van der Waals surface area (Å²) in [6, 6.07) is 8.66. The van der Waals surface area contributed by atoms with Crippen LogP contribution in [0.3, 0.4) is 0 Å². The standard InChI is InChI=1S/C18H18F3N3O/c19-18(20,21)15-5-3-13(4-6-15)11-24-9-7-16(12-24)23-17(25)14-2-1-8-22-10-14/h1-6,8,10,16H,7,9,11-12H2,(H,23,25). The summed E-state index contributed by atoms with van der Waals surface area (Å²) in [5, 5.41) is 2.97. The van der Waals surface area contributed by atoms with Crippen LogP contribution in [-0.4, -0.2) is 34.9 Å². The van der Waals surface area contributed by atoms with E-state index in [0.29, 0.717) is 18.7 Å². The smallest absolute Gasteiger partial charge is 0.348 e. The topological polar surface area (TPSA) is 45.2 Å². The van der Waals surface area contributed by atoms with Crippen molar-refractivity contribution in [3.05, 3.63) is 65.5 Å². The van der Waals surface area contributed by atoms with Gasteiger partial charge in [-0.05, 0) is 36.2 Å². The number of hydrogen-bond acceptors (Lipinski definition) is 3. The molecule has 1 saturated heterocycles. The number of hydrogen-bond donors (Lipinski definition) is 1. The molecule has 1 amide bonds. The van der Waals surface area contributed by atoms with Crippen molar-refractivity contribution < 1.29 is 18.0 Å². The van der Waals surface area contributed by atoms with Gasteiger partial charge in [0.05, 0.1) is 11.1 Å². The maximum absolute atomic E-state index is 12.6. The Morgan fingerprint density at radius 3 is 2.64 bits per heavy atom. The third-order valence-corrected chi connectivity index (χ3v) is 4.22. The molecule has 1 fully saturated rings. The Morgan fingerprint density at radius 1 is 1.24 bits per heavy atom. The van der Waals surface area contributed by atoms with Crippen molar-refractivity contribution >= 4 is 5.91 Å². The van der Waals surface area contributed by atoms with E-state index < -0.39 is 11.7 Å². The highest BCUT2D eigenvalue weighted by Gasteiger charge is 2.30. The molecule has 0 spiro atoms. The van der Waals surface area contributed by atoms with E-state index in [1.807, 2.05) is 0 Å². The third-order valence-electron chi connectivity index (χ3n) is 4.22. The van der Waals surface area contributed by atoms with Crippen molar-refractivity contribution in [2.45, 2.75) is 25.2 Å². The Kier molecular flexibility index (Phi) is 5.03. The van der Waals surface area contributed by atoms with E-state index in [1.165, 1.54) is 18.3 Å². The molecule has 0 bridgehead atoms. The molecule has 1 aliphatic heterocycles.